The molecule has 1 saturated heterocycles. The van der Waals surface area contributed by atoms with Crippen LogP contribution in [0.4, 0.5) is 0 Å². The van der Waals surface area contributed by atoms with Crippen LogP contribution in [0.2, 0.25) is 0 Å². The first-order valence-corrected chi connectivity index (χ1v) is 11.1. The molecule has 2 aromatic carbocycles. The molecule has 6 rings (SSSR count). The van der Waals surface area contributed by atoms with E-state index in [1.165, 1.54) is 68.3 Å². The summed E-state index contributed by atoms with van der Waals surface area (Å²) in [6.45, 7) is 2.88. The number of benzene rings is 2. The first-order chi connectivity index (χ1) is 13.8. The molecule has 3 atom stereocenters. The average Bonchev–Trinajstić information content (AvgIpc) is 3.50. The average molecular weight is 376 g/mol. The van der Waals surface area contributed by atoms with E-state index in [0.717, 1.165) is 29.4 Å². The molecule has 2 aliphatic heterocycles. The molecule has 2 aliphatic carbocycles. The smallest absolute Gasteiger partial charge is 0.231 e. The molecular weight excluding hydrogens is 346 g/mol. The minimum atomic E-state index is 0.335. The zero-order valence-corrected chi connectivity index (χ0v) is 16.5. The van der Waals surface area contributed by atoms with Crippen LogP contribution in [-0.2, 0) is 0 Å². The monoisotopic (exact) mass is 375 g/mol. The second kappa shape index (κ2) is 6.81. The molecule has 3 heteroatoms. The lowest BCUT2D eigenvalue weighted by Gasteiger charge is -2.40. The zero-order chi connectivity index (χ0) is 18.5. The number of hydrogen-bond acceptors (Lipinski definition) is 3. The van der Waals surface area contributed by atoms with Gasteiger partial charge in [-0.15, -0.1) is 0 Å². The Morgan fingerprint density at radius 3 is 2.50 bits per heavy atom. The van der Waals surface area contributed by atoms with Crippen molar-refractivity contribution in [2.45, 2.75) is 50.5 Å². The maximum atomic E-state index is 5.61. The van der Waals surface area contributed by atoms with Crippen LogP contribution in [0.3, 0.4) is 0 Å². The Labute approximate surface area is 167 Å². The fourth-order valence-corrected chi connectivity index (χ4v) is 6.38. The number of likely N-dealkylation sites (tertiary alicyclic amines) is 1. The van der Waals surface area contributed by atoms with Gasteiger partial charge in [-0.3, -0.25) is 0 Å². The van der Waals surface area contributed by atoms with Gasteiger partial charge in [0.05, 0.1) is 0 Å². The summed E-state index contributed by atoms with van der Waals surface area (Å²) < 4.78 is 11.1. The van der Waals surface area contributed by atoms with Crippen molar-refractivity contribution in [2.75, 3.05) is 19.9 Å². The van der Waals surface area contributed by atoms with Crippen LogP contribution < -0.4 is 9.47 Å². The SMILES string of the molecule is c1ccc(C2CCN([C@H]3CC4CC[C@H]3C4)CC2)c(-c2ccc3c(c2)OCO3)c1. The van der Waals surface area contributed by atoms with Gasteiger partial charge in [0, 0.05) is 6.04 Å². The first kappa shape index (κ1) is 16.9. The van der Waals surface area contributed by atoms with E-state index < -0.39 is 0 Å². The molecule has 0 N–H and O–H groups in total. The van der Waals surface area contributed by atoms with Crippen LogP contribution in [0.5, 0.6) is 11.5 Å². The van der Waals surface area contributed by atoms with E-state index >= 15 is 0 Å². The lowest BCUT2D eigenvalue weighted by Crippen LogP contribution is -2.43. The molecule has 2 bridgehead atoms. The molecule has 2 saturated carbocycles. The number of piperidine rings is 1. The summed E-state index contributed by atoms with van der Waals surface area (Å²) in [6.07, 6.45) is 8.55. The summed E-state index contributed by atoms with van der Waals surface area (Å²) >= 11 is 0. The highest BCUT2D eigenvalue weighted by atomic mass is 16.7. The number of fused-ring (bicyclic) bond motifs is 3. The highest BCUT2D eigenvalue weighted by Gasteiger charge is 2.43. The normalized spacial score (nSPS) is 29.5. The van der Waals surface area contributed by atoms with Crippen LogP contribution in [0.1, 0.15) is 50.0 Å². The molecular formula is C25H29NO2. The largest absolute Gasteiger partial charge is 0.454 e. The molecule has 28 heavy (non-hydrogen) atoms. The quantitative estimate of drug-likeness (QED) is 0.712. The Morgan fingerprint density at radius 2 is 1.68 bits per heavy atom. The summed E-state index contributed by atoms with van der Waals surface area (Å²) in [5.74, 6) is 4.44. The summed E-state index contributed by atoms with van der Waals surface area (Å²) in [5.41, 5.74) is 4.11. The Hall–Kier alpha value is -2.00. The Balaban J connectivity index is 1.21. The van der Waals surface area contributed by atoms with Gasteiger partial charge in [-0.05, 0) is 91.8 Å². The summed E-state index contributed by atoms with van der Waals surface area (Å²) in [6, 6.07) is 16.2. The first-order valence-electron chi connectivity index (χ1n) is 11.1. The standard InChI is InChI=1S/C25H29NO2/c1-2-4-22(19-7-8-24-25(15-19)28-16-27-24)21(3-1)18-9-11-26(12-10-18)23-14-17-5-6-20(23)13-17/h1-4,7-8,15,17-18,20,23H,5-6,9-14,16H2/t17?,20-,23-/m0/s1. The molecule has 3 nitrogen and oxygen atoms in total. The highest BCUT2D eigenvalue weighted by molar-refractivity contribution is 5.71. The van der Waals surface area contributed by atoms with Gasteiger partial charge in [0.2, 0.25) is 6.79 Å². The molecule has 0 spiro atoms. The summed E-state index contributed by atoms with van der Waals surface area (Å²) in [4.78, 5) is 2.84. The van der Waals surface area contributed by atoms with E-state index in [1.807, 2.05) is 6.07 Å². The molecule has 2 aromatic rings. The van der Waals surface area contributed by atoms with Crippen molar-refractivity contribution >= 4 is 0 Å². The third kappa shape index (κ3) is 2.83. The molecule has 3 fully saturated rings. The van der Waals surface area contributed by atoms with E-state index in [9.17, 15) is 0 Å². The topological polar surface area (TPSA) is 21.7 Å². The van der Waals surface area contributed by atoms with Crippen molar-refractivity contribution in [1.82, 2.24) is 4.90 Å². The van der Waals surface area contributed by atoms with Crippen molar-refractivity contribution in [2.24, 2.45) is 11.8 Å². The molecule has 2 heterocycles. The van der Waals surface area contributed by atoms with Gasteiger partial charge < -0.3 is 14.4 Å². The molecule has 0 aromatic heterocycles. The van der Waals surface area contributed by atoms with Gasteiger partial charge in [0.25, 0.3) is 0 Å². The van der Waals surface area contributed by atoms with E-state index in [2.05, 4.69) is 41.3 Å². The number of rotatable bonds is 3. The number of nitrogens with zero attached hydrogens (tertiary/aromatic N) is 1. The van der Waals surface area contributed by atoms with Crippen molar-refractivity contribution in [3.63, 3.8) is 0 Å². The minimum absolute atomic E-state index is 0.335. The van der Waals surface area contributed by atoms with Gasteiger partial charge in [0.1, 0.15) is 0 Å². The maximum absolute atomic E-state index is 5.61. The van der Waals surface area contributed by atoms with E-state index in [4.69, 9.17) is 9.47 Å². The molecule has 146 valence electrons. The number of ether oxygens (including phenoxy) is 2. The van der Waals surface area contributed by atoms with E-state index in [-0.39, 0.29) is 0 Å². The molecule has 4 aliphatic rings. The predicted molar refractivity (Wildman–Crippen MR) is 111 cm³/mol. The lowest BCUT2D eigenvalue weighted by atomic mass is 9.83. The van der Waals surface area contributed by atoms with Crippen LogP contribution in [0, 0.1) is 11.8 Å². The number of hydrogen-bond donors (Lipinski definition) is 0. The van der Waals surface area contributed by atoms with E-state index in [0.29, 0.717) is 12.7 Å². The van der Waals surface area contributed by atoms with Crippen molar-refractivity contribution in [3.05, 3.63) is 48.0 Å². The van der Waals surface area contributed by atoms with Crippen LogP contribution in [0.25, 0.3) is 11.1 Å². The molecule has 1 unspecified atom stereocenters. The van der Waals surface area contributed by atoms with Gasteiger partial charge in [-0.1, -0.05) is 36.8 Å². The van der Waals surface area contributed by atoms with Crippen molar-refractivity contribution in [1.29, 1.82) is 0 Å². The fourth-order valence-electron chi connectivity index (χ4n) is 6.38. The zero-order valence-electron chi connectivity index (χ0n) is 16.5. The van der Waals surface area contributed by atoms with Crippen molar-refractivity contribution in [3.8, 4) is 22.6 Å². The maximum Gasteiger partial charge on any atom is 0.231 e. The third-order valence-corrected chi connectivity index (χ3v) is 7.78. The minimum Gasteiger partial charge on any atom is -0.454 e. The predicted octanol–water partition coefficient (Wildman–Crippen LogP) is 5.45. The molecule has 0 amide bonds. The summed E-state index contributed by atoms with van der Waals surface area (Å²) in [7, 11) is 0. The Kier molecular flexibility index (Phi) is 4.11. The van der Waals surface area contributed by atoms with E-state index in [1.54, 1.807) is 0 Å². The fraction of sp³-hybridized carbons (Fsp3) is 0.520. The second-order valence-electron chi connectivity index (χ2n) is 9.21. The van der Waals surface area contributed by atoms with Gasteiger partial charge >= 0.3 is 0 Å². The van der Waals surface area contributed by atoms with Gasteiger partial charge in [-0.2, -0.15) is 0 Å². The van der Waals surface area contributed by atoms with Crippen LogP contribution in [0.15, 0.2) is 42.5 Å². The van der Waals surface area contributed by atoms with Crippen molar-refractivity contribution < 1.29 is 9.47 Å². The van der Waals surface area contributed by atoms with Gasteiger partial charge in [0.15, 0.2) is 11.5 Å². The highest BCUT2D eigenvalue weighted by Crippen LogP contribution is 2.48. The van der Waals surface area contributed by atoms with Crippen LogP contribution in [-0.4, -0.2) is 30.8 Å². The second-order valence-corrected chi connectivity index (χ2v) is 9.21. The van der Waals surface area contributed by atoms with Crippen LogP contribution >= 0.6 is 0 Å². The third-order valence-electron chi connectivity index (χ3n) is 7.78. The summed E-state index contributed by atoms with van der Waals surface area (Å²) in [5, 5.41) is 0. The van der Waals surface area contributed by atoms with Gasteiger partial charge in [-0.25, -0.2) is 0 Å². The Morgan fingerprint density at radius 1 is 0.821 bits per heavy atom. The molecule has 0 radical (unpaired) electrons. The Bertz CT molecular complexity index is 871. The lowest BCUT2D eigenvalue weighted by molar-refractivity contribution is 0.111.